The third-order valence-electron chi connectivity index (χ3n) is 2.42. The Morgan fingerprint density at radius 3 is 2.56 bits per heavy atom. The van der Waals surface area contributed by atoms with Crippen LogP contribution in [0.25, 0.3) is 0 Å². The molecule has 1 N–H and O–H groups in total. The van der Waals surface area contributed by atoms with Crippen LogP contribution in [0.4, 0.5) is 0 Å². The Hall–Kier alpha value is -1.22. The Morgan fingerprint density at radius 1 is 1.44 bits per heavy atom. The second kappa shape index (κ2) is 6.38. The molecule has 1 heterocycles. The van der Waals surface area contributed by atoms with Crippen LogP contribution in [-0.4, -0.2) is 16.5 Å². The van der Waals surface area contributed by atoms with Crippen molar-refractivity contribution in [3.8, 4) is 0 Å². The zero-order valence-electron chi connectivity index (χ0n) is 10.5. The zero-order valence-corrected chi connectivity index (χ0v) is 10.5. The van der Waals surface area contributed by atoms with Gasteiger partial charge in [-0.1, -0.05) is 12.5 Å². The van der Waals surface area contributed by atoms with Gasteiger partial charge in [0.2, 0.25) is 0 Å². The van der Waals surface area contributed by atoms with Crippen LogP contribution in [0, 0.1) is 6.92 Å². The lowest BCUT2D eigenvalue weighted by molar-refractivity contribution is 0.489. The van der Waals surface area contributed by atoms with Gasteiger partial charge in [-0.3, -0.25) is 0 Å². The summed E-state index contributed by atoms with van der Waals surface area (Å²) in [5.74, 6) is 0.883. The number of nitrogens with zero attached hydrogens (tertiary/aromatic N) is 2. The molecular weight excluding hydrogens is 198 g/mol. The van der Waals surface area contributed by atoms with E-state index in [1.54, 1.807) is 0 Å². The fraction of sp³-hybridized carbons (Fsp3) is 0.538. The van der Waals surface area contributed by atoms with Crippen molar-refractivity contribution in [1.82, 2.24) is 15.3 Å². The van der Waals surface area contributed by atoms with Crippen molar-refractivity contribution in [2.45, 2.75) is 39.7 Å². The number of hydrogen-bond donors (Lipinski definition) is 1. The predicted octanol–water partition coefficient (Wildman–Crippen LogP) is 2.79. The SMILES string of the molecule is C=C(C)CCC(NCC)c1ncc(C)cn1. The van der Waals surface area contributed by atoms with E-state index < -0.39 is 0 Å². The minimum Gasteiger partial charge on any atom is -0.308 e. The molecule has 3 heteroatoms. The highest BCUT2D eigenvalue weighted by atomic mass is 15.0. The molecule has 0 aliphatic carbocycles. The Kier molecular flexibility index (Phi) is 5.12. The lowest BCUT2D eigenvalue weighted by Gasteiger charge is -2.16. The number of aryl methyl sites for hydroxylation is 1. The van der Waals surface area contributed by atoms with Gasteiger partial charge in [-0.05, 0) is 38.8 Å². The summed E-state index contributed by atoms with van der Waals surface area (Å²) in [6.45, 7) is 11.0. The van der Waals surface area contributed by atoms with Gasteiger partial charge < -0.3 is 5.32 Å². The number of allylic oxidation sites excluding steroid dienone is 1. The van der Waals surface area contributed by atoms with Crippen molar-refractivity contribution in [2.24, 2.45) is 0 Å². The molecule has 1 aromatic heterocycles. The summed E-state index contributed by atoms with van der Waals surface area (Å²) in [7, 11) is 0. The molecule has 0 spiro atoms. The molecule has 0 aliphatic heterocycles. The second-order valence-corrected chi connectivity index (χ2v) is 4.22. The first-order chi connectivity index (χ1) is 7.63. The van der Waals surface area contributed by atoms with Crippen LogP contribution in [0.15, 0.2) is 24.5 Å². The third-order valence-corrected chi connectivity index (χ3v) is 2.42. The molecule has 88 valence electrons. The zero-order chi connectivity index (χ0) is 12.0. The monoisotopic (exact) mass is 219 g/mol. The molecule has 0 amide bonds. The average Bonchev–Trinajstić information content (AvgIpc) is 2.25. The first-order valence-electron chi connectivity index (χ1n) is 5.79. The highest BCUT2D eigenvalue weighted by molar-refractivity contribution is 5.05. The fourth-order valence-electron chi connectivity index (χ4n) is 1.54. The van der Waals surface area contributed by atoms with Crippen molar-refractivity contribution in [3.63, 3.8) is 0 Å². The van der Waals surface area contributed by atoms with E-state index in [4.69, 9.17) is 0 Å². The Morgan fingerprint density at radius 2 is 2.06 bits per heavy atom. The summed E-state index contributed by atoms with van der Waals surface area (Å²) in [5.41, 5.74) is 2.30. The molecule has 0 bridgehead atoms. The molecule has 0 saturated carbocycles. The van der Waals surface area contributed by atoms with Crippen molar-refractivity contribution in [1.29, 1.82) is 0 Å². The quantitative estimate of drug-likeness (QED) is 0.748. The molecule has 1 rings (SSSR count). The van der Waals surface area contributed by atoms with Gasteiger partial charge in [-0.25, -0.2) is 9.97 Å². The molecule has 16 heavy (non-hydrogen) atoms. The number of rotatable bonds is 6. The van der Waals surface area contributed by atoms with Gasteiger partial charge >= 0.3 is 0 Å². The largest absolute Gasteiger partial charge is 0.308 e. The molecular formula is C13H21N3. The van der Waals surface area contributed by atoms with Crippen LogP contribution in [-0.2, 0) is 0 Å². The summed E-state index contributed by atoms with van der Waals surface area (Å²) < 4.78 is 0. The van der Waals surface area contributed by atoms with E-state index in [-0.39, 0.29) is 6.04 Å². The normalized spacial score (nSPS) is 12.4. The van der Waals surface area contributed by atoms with Gasteiger partial charge in [0.05, 0.1) is 6.04 Å². The van der Waals surface area contributed by atoms with E-state index in [0.717, 1.165) is 30.8 Å². The van der Waals surface area contributed by atoms with Gasteiger partial charge in [-0.2, -0.15) is 0 Å². The predicted molar refractivity (Wildman–Crippen MR) is 67.2 cm³/mol. The molecule has 1 atom stereocenters. The number of hydrogen-bond acceptors (Lipinski definition) is 3. The number of aromatic nitrogens is 2. The number of nitrogens with one attached hydrogen (secondary N) is 1. The lowest BCUT2D eigenvalue weighted by Crippen LogP contribution is -2.23. The van der Waals surface area contributed by atoms with Crippen LogP contribution >= 0.6 is 0 Å². The van der Waals surface area contributed by atoms with E-state index in [0.29, 0.717) is 0 Å². The van der Waals surface area contributed by atoms with Crippen molar-refractivity contribution >= 4 is 0 Å². The molecule has 3 nitrogen and oxygen atoms in total. The fourth-order valence-corrected chi connectivity index (χ4v) is 1.54. The van der Waals surface area contributed by atoms with E-state index >= 15 is 0 Å². The molecule has 1 unspecified atom stereocenters. The summed E-state index contributed by atoms with van der Waals surface area (Å²) in [5, 5.41) is 3.41. The smallest absolute Gasteiger partial charge is 0.145 e. The molecule has 0 radical (unpaired) electrons. The van der Waals surface area contributed by atoms with Crippen LogP contribution in [0.2, 0.25) is 0 Å². The molecule has 0 saturated heterocycles. The highest BCUT2D eigenvalue weighted by Crippen LogP contribution is 2.16. The summed E-state index contributed by atoms with van der Waals surface area (Å²) >= 11 is 0. The Bertz CT molecular complexity index is 330. The van der Waals surface area contributed by atoms with Gasteiger partial charge in [0.25, 0.3) is 0 Å². The van der Waals surface area contributed by atoms with Crippen LogP contribution in [0.5, 0.6) is 0 Å². The highest BCUT2D eigenvalue weighted by Gasteiger charge is 2.12. The van der Waals surface area contributed by atoms with Crippen LogP contribution < -0.4 is 5.32 Å². The summed E-state index contributed by atoms with van der Waals surface area (Å²) in [6, 6.07) is 0.238. The standard InChI is InChI=1S/C13H21N3/c1-5-14-12(7-6-10(2)3)13-15-8-11(4)9-16-13/h8-9,12,14H,2,5-7H2,1,3-4H3. The maximum absolute atomic E-state index is 4.37. The van der Waals surface area contributed by atoms with Gasteiger partial charge in [0.15, 0.2) is 0 Å². The first kappa shape index (κ1) is 12.8. The lowest BCUT2D eigenvalue weighted by atomic mass is 10.1. The van der Waals surface area contributed by atoms with Crippen molar-refractivity contribution < 1.29 is 0 Å². The van der Waals surface area contributed by atoms with E-state index in [9.17, 15) is 0 Å². The maximum atomic E-state index is 4.37. The average molecular weight is 219 g/mol. The van der Waals surface area contributed by atoms with Gasteiger partial charge in [0.1, 0.15) is 5.82 Å². The van der Waals surface area contributed by atoms with Gasteiger partial charge in [-0.15, -0.1) is 6.58 Å². The maximum Gasteiger partial charge on any atom is 0.145 e. The van der Waals surface area contributed by atoms with Gasteiger partial charge in [0, 0.05) is 12.4 Å². The van der Waals surface area contributed by atoms with E-state index in [1.165, 1.54) is 5.57 Å². The molecule has 0 fully saturated rings. The van der Waals surface area contributed by atoms with Crippen LogP contribution in [0.3, 0.4) is 0 Å². The second-order valence-electron chi connectivity index (χ2n) is 4.22. The van der Waals surface area contributed by atoms with E-state index in [1.807, 2.05) is 19.3 Å². The Balaban J connectivity index is 2.68. The third kappa shape index (κ3) is 4.11. The van der Waals surface area contributed by atoms with Crippen molar-refractivity contribution in [2.75, 3.05) is 6.54 Å². The topological polar surface area (TPSA) is 37.8 Å². The van der Waals surface area contributed by atoms with E-state index in [2.05, 4.69) is 35.7 Å². The minimum atomic E-state index is 0.238. The molecule has 1 aromatic rings. The first-order valence-corrected chi connectivity index (χ1v) is 5.79. The summed E-state index contributed by atoms with van der Waals surface area (Å²) in [4.78, 5) is 8.74. The molecule has 0 aromatic carbocycles. The molecule has 0 aliphatic rings. The Labute approximate surface area is 98.0 Å². The van der Waals surface area contributed by atoms with Crippen LogP contribution in [0.1, 0.15) is 44.1 Å². The van der Waals surface area contributed by atoms with Crippen molar-refractivity contribution in [3.05, 3.63) is 35.9 Å². The summed E-state index contributed by atoms with van der Waals surface area (Å²) in [6.07, 6.45) is 5.75. The minimum absolute atomic E-state index is 0.238.